The lowest BCUT2D eigenvalue weighted by Gasteiger charge is -2.16. The molecular weight excluding hydrogens is 370 g/mol. The van der Waals surface area contributed by atoms with Gasteiger partial charge in [-0.15, -0.1) is 0 Å². The first kappa shape index (κ1) is 18.3. The van der Waals surface area contributed by atoms with Gasteiger partial charge >= 0.3 is 0 Å². The zero-order valence-corrected chi connectivity index (χ0v) is 16.2. The number of fused-ring (bicyclic) bond motifs is 1. The van der Waals surface area contributed by atoms with Crippen molar-refractivity contribution in [3.63, 3.8) is 0 Å². The SMILES string of the molecule is CC(NC(=O)c1ccccc1)c1nc2ccccc2n1Cc1ccc(Cl)cc1. The number of nitrogens with zero attached hydrogens (tertiary/aromatic N) is 2. The van der Waals surface area contributed by atoms with Crippen molar-refractivity contribution in [1.82, 2.24) is 14.9 Å². The predicted octanol–water partition coefficient (Wildman–Crippen LogP) is 5.23. The van der Waals surface area contributed by atoms with Crippen molar-refractivity contribution in [1.29, 1.82) is 0 Å². The van der Waals surface area contributed by atoms with E-state index in [1.54, 1.807) is 12.1 Å². The molecule has 0 spiro atoms. The van der Waals surface area contributed by atoms with Crippen LogP contribution in [-0.2, 0) is 6.54 Å². The van der Waals surface area contributed by atoms with Gasteiger partial charge in [-0.05, 0) is 48.9 Å². The molecule has 4 nitrogen and oxygen atoms in total. The molecule has 0 aliphatic rings. The Bertz CT molecular complexity index is 1100. The minimum Gasteiger partial charge on any atom is -0.342 e. The number of benzene rings is 3. The lowest BCUT2D eigenvalue weighted by Crippen LogP contribution is -2.28. The molecule has 1 atom stereocenters. The highest BCUT2D eigenvalue weighted by Gasteiger charge is 2.19. The van der Waals surface area contributed by atoms with Crippen molar-refractivity contribution in [2.45, 2.75) is 19.5 Å². The molecule has 0 saturated heterocycles. The highest BCUT2D eigenvalue weighted by Crippen LogP contribution is 2.23. The number of hydrogen-bond acceptors (Lipinski definition) is 2. The van der Waals surface area contributed by atoms with Crippen molar-refractivity contribution >= 4 is 28.5 Å². The van der Waals surface area contributed by atoms with Gasteiger partial charge in [-0.1, -0.05) is 54.1 Å². The Balaban J connectivity index is 1.67. The standard InChI is InChI=1S/C23H20ClN3O/c1-16(25-23(28)18-7-3-2-4-8-18)22-26-20-9-5-6-10-21(20)27(22)15-17-11-13-19(24)14-12-17/h2-14,16H,15H2,1H3,(H,25,28). The molecule has 140 valence electrons. The summed E-state index contributed by atoms with van der Waals surface area (Å²) >= 11 is 6.02. The topological polar surface area (TPSA) is 46.9 Å². The second kappa shape index (κ2) is 7.87. The number of rotatable bonds is 5. The second-order valence-electron chi connectivity index (χ2n) is 6.73. The van der Waals surface area contributed by atoms with Crippen LogP contribution in [0.4, 0.5) is 0 Å². The summed E-state index contributed by atoms with van der Waals surface area (Å²) in [6.45, 7) is 2.61. The Morgan fingerprint density at radius 3 is 2.43 bits per heavy atom. The summed E-state index contributed by atoms with van der Waals surface area (Å²) in [5, 5.41) is 3.78. The quantitative estimate of drug-likeness (QED) is 0.508. The number of para-hydroxylation sites is 2. The number of hydrogen-bond donors (Lipinski definition) is 1. The molecule has 0 saturated carbocycles. The summed E-state index contributed by atoms with van der Waals surface area (Å²) in [6, 6.07) is 24.8. The number of carbonyl (C=O) groups excluding carboxylic acids is 1. The van der Waals surface area contributed by atoms with E-state index in [0.29, 0.717) is 17.1 Å². The van der Waals surface area contributed by atoms with Crippen molar-refractivity contribution < 1.29 is 4.79 Å². The van der Waals surface area contributed by atoms with Crippen LogP contribution in [0.3, 0.4) is 0 Å². The number of halogens is 1. The van der Waals surface area contributed by atoms with E-state index in [4.69, 9.17) is 16.6 Å². The molecule has 28 heavy (non-hydrogen) atoms. The molecule has 4 rings (SSSR count). The maximum atomic E-state index is 12.6. The number of carbonyl (C=O) groups is 1. The Kier molecular flexibility index (Phi) is 5.13. The second-order valence-corrected chi connectivity index (χ2v) is 7.17. The maximum absolute atomic E-state index is 12.6. The summed E-state index contributed by atoms with van der Waals surface area (Å²) in [7, 11) is 0. The van der Waals surface area contributed by atoms with Gasteiger partial charge in [0, 0.05) is 17.1 Å². The van der Waals surface area contributed by atoms with Crippen molar-refractivity contribution in [2.24, 2.45) is 0 Å². The monoisotopic (exact) mass is 389 g/mol. The van der Waals surface area contributed by atoms with Crippen LogP contribution in [0.1, 0.15) is 34.7 Å². The molecule has 0 bridgehead atoms. The zero-order valence-electron chi connectivity index (χ0n) is 15.5. The minimum atomic E-state index is -0.243. The van der Waals surface area contributed by atoms with E-state index in [2.05, 4.69) is 9.88 Å². The van der Waals surface area contributed by atoms with Gasteiger partial charge in [0.05, 0.1) is 17.1 Å². The van der Waals surface area contributed by atoms with Crippen molar-refractivity contribution in [3.05, 3.63) is 101 Å². The van der Waals surface area contributed by atoms with Gasteiger partial charge in [-0.3, -0.25) is 4.79 Å². The molecule has 0 aliphatic heterocycles. The van der Waals surface area contributed by atoms with E-state index < -0.39 is 0 Å². The van der Waals surface area contributed by atoms with Gasteiger partial charge in [0.25, 0.3) is 5.91 Å². The number of nitrogens with one attached hydrogen (secondary N) is 1. The number of imidazole rings is 1. The summed E-state index contributed by atoms with van der Waals surface area (Å²) in [6.07, 6.45) is 0. The summed E-state index contributed by atoms with van der Waals surface area (Å²) in [4.78, 5) is 17.4. The van der Waals surface area contributed by atoms with Gasteiger partial charge in [0.1, 0.15) is 5.82 Å². The largest absolute Gasteiger partial charge is 0.342 e. The van der Waals surface area contributed by atoms with E-state index in [9.17, 15) is 4.79 Å². The van der Waals surface area contributed by atoms with Gasteiger partial charge in [-0.25, -0.2) is 4.98 Å². The molecule has 0 aliphatic carbocycles. The highest BCUT2D eigenvalue weighted by atomic mass is 35.5. The van der Waals surface area contributed by atoms with Crippen LogP contribution in [-0.4, -0.2) is 15.5 Å². The lowest BCUT2D eigenvalue weighted by molar-refractivity contribution is 0.0938. The number of aromatic nitrogens is 2. The van der Waals surface area contributed by atoms with Crippen LogP contribution in [0.15, 0.2) is 78.9 Å². The van der Waals surface area contributed by atoms with E-state index >= 15 is 0 Å². The summed E-state index contributed by atoms with van der Waals surface area (Å²) in [5.41, 5.74) is 3.70. The summed E-state index contributed by atoms with van der Waals surface area (Å²) in [5.74, 6) is 0.707. The van der Waals surface area contributed by atoms with Gasteiger partial charge in [0.15, 0.2) is 0 Å². The third-order valence-electron chi connectivity index (χ3n) is 4.71. The van der Waals surface area contributed by atoms with Crippen LogP contribution in [0, 0.1) is 0 Å². The highest BCUT2D eigenvalue weighted by molar-refractivity contribution is 6.30. The first-order valence-corrected chi connectivity index (χ1v) is 9.55. The third kappa shape index (κ3) is 3.78. The van der Waals surface area contributed by atoms with Crippen molar-refractivity contribution in [2.75, 3.05) is 0 Å². The Morgan fingerprint density at radius 1 is 1.00 bits per heavy atom. The molecule has 1 heterocycles. The average molecular weight is 390 g/mol. The molecular formula is C23H20ClN3O. The molecule has 3 aromatic carbocycles. The molecule has 0 radical (unpaired) electrons. The molecule has 4 aromatic rings. The molecule has 1 aromatic heterocycles. The van der Waals surface area contributed by atoms with E-state index in [-0.39, 0.29) is 11.9 Å². The van der Waals surface area contributed by atoms with Crippen LogP contribution in [0.5, 0.6) is 0 Å². The first-order valence-electron chi connectivity index (χ1n) is 9.17. The van der Waals surface area contributed by atoms with Crippen LogP contribution in [0.2, 0.25) is 5.02 Å². The van der Waals surface area contributed by atoms with Gasteiger partial charge in [0.2, 0.25) is 0 Å². The van der Waals surface area contributed by atoms with Gasteiger partial charge < -0.3 is 9.88 Å². The Morgan fingerprint density at radius 2 is 1.68 bits per heavy atom. The van der Waals surface area contributed by atoms with E-state index in [1.165, 1.54) is 0 Å². The number of amides is 1. The molecule has 0 fully saturated rings. The fourth-order valence-electron chi connectivity index (χ4n) is 3.30. The van der Waals surface area contributed by atoms with Crippen molar-refractivity contribution in [3.8, 4) is 0 Å². The average Bonchev–Trinajstić information content (AvgIpc) is 3.09. The van der Waals surface area contributed by atoms with Gasteiger partial charge in [-0.2, -0.15) is 0 Å². The smallest absolute Gasteiger partial charge is 0.251 e. The fraction of sp³-hybridized carbons (Fsp3) is 0.130. The molecule has 1 amide bonds. The Hall–Kier alpha value is -3.11. The fourth-order valence-corrected chi connectivity index (χ4v) is 3.42. The van der Waals surface area contributed by atoms with E-state index in [1.807, 2.05) is 73.7 Å². The third-order valence-corrected chi connectivity index (χ3v) is 4.96. The van der Waals surface area contributed by atoms with Crippen LogP contribution < -0.4 is 5.32 Å². The lowest BCUT2D eigenvalue weighted by atomic mass is 10.2. The molecule has 5 heteroatoms. The first-order chi connectivity index (χ1) is 13.6. The van der Waals surface area contributed by atoms with Crippen LogP contribution in [0.25, 0.3) is 11.0 Å². The molecule has 1 unspecified atom stereocenters. The van der Waals surface area contributed by atoms with Crippen LogP contribution >= 0.6 is 11.6 Å². The maximum Gasteiger partial charge on any atom is 0.251 e. The van der Waals surface area contributed by atoms with E-state index in [0.717, 1.165) is 22.4 Å². The zero-order chi connectivity index (χ0) is 19.5. The normalized spacial score (nSPS) is 12.1. The predicted molar refractivity (Wildman–Crippen MR) is 113 cm³/mol. The molecule has 1 N–H and O–H groups in total. The minimum absolute atomic E-state index is 0.113. The Labute approximate surface area is 168 Å². The summed E-state index contributed by atoms with van der Waals surface area (Å²) < 4.78 is 2.15.